The zero-order chi connectivity index (χ0) is 41.0. The van der Waals surface area contributed by atoms with Gasteiger partial charge in [-0.3, -0.25) is 9.59 Å². The third kappa shape index (κ3) is 7.66. The van der Waals surface area contributed by atoms with Crippen LogP contribution >= 0.6 is 0 Å². The van der Waals surface area contributed by atoms with Crippen LogP contribution in [0.2, 0.25) is 0 Å². The van der Waals surface area contributed by atoms with E-state index in [4.69, 9.17) is 16.2 Å². The molecule has 288 valence electrons. The first kappa shape index (κ1) is 38.3. The number of benzene rings is 7. The first-order valence-electron chi connectivity index (χ1n) is 18.6. The number of nitrogen functional groups attached to an aromatic ring is 1. The maximum atomic E-state index is 13.9. The molecule has 0 unspecified atom stereocenters. The number of nitrogens with two attached hydrogens (primary N) is 2. The normalized spacial score (nSPS) is 11.9. The number of fused-ring (bicyclic) bond motifs is 5. The number of carboxylic acids is 2. The number of carboxylic acid groups (broad SMARTS) is 2. The molecule has 7 N–H and O–H groups in total. The number of hydrogen-bond acceptors (Lipinski definition) is 6. The second-order valence-corrected chi connectivity index (χ2v) is 16.4. The van der Waals surface area contributed by atoms with Gasteiger partial charge in [-0.05, 0) is 140 Å². The van der Waals surface area contributed by atoms with Crippen molar-refractivity contribution in [3.05, 3.63) is 131 Å². The largest absolute Gasteiger partial charge is 0.478 e. The number of hydrogen-bond donors (Lipinski definition) is 5. The lowest BCUT2D eigenvalue weighted by molar-refractivity contribution is 0.0683. The number of carbonyl (C=O) groups is 4. The molecule has 2 amide bonds. The Labute approximate surface area is 329 Å². The quantitative estimate of drug-likeness (QED) is 0.0518. The molecule has 7 aromatic rings. The van der Waals surface area contributed by atoms with Crippen molar-refractivity contribution in [1.29, 1.82) is 0 Å². The van der Waals surface area contributed by atoms with E-state index in [0.29, 0.717) is 44.4 Å². The van der Waals surface area contributed by atoms with Crippen LogP contribution in [0, 0.1) is 5.41 Å². The fourth-order valence-corrected chi connectivity index (χ4v) is 7.32. The molecule has 0 saturated heterocycles. The van der Waals surface area contributed by atoms with Crippen molar-refractivity contribution >= 4 is 78.2 Å². The molecule has 0 fully saturated rings. The summed E-state index contributed by atoms with van der Waals surface area (Å²) in [5.41, 5.74) is 13.2. The maximum Gasteiger partial charge on any atom is 0.336 e. The predicted octanol–water partition coefficient (Wildman–Crippen LogP) is 10.5. The molecule has 0 spiro atoms. The van der Waals surface area contributed by atoms with Gasteiger partial charge in [0.05, 0.1) is 22.3 Å². The number of carbonyl (C=O) groups excluding carboxylic acids is 2. The van der Waals surface area contributed by atoms with E-state index in [1.54, 1.807) is 24.3 Å². The molecule has 7 aromatic carbocycles. The molecule has 0 bridgehead atoms. The van der Waals surface area contributed by atoms with Gasteiger partial charge in [-0.15, -0.1) is 0 Å². The minimum absolute atomic E-state index is 0.00745. The molecule has 10 nitrogen and oxygen atoms in total. The third-order valence-corrected chi connectivity index (χ3v) is 10.6. The van der Waals surface area contributed by atoms with E-state index >= 15 is 0 Å². The molecule has 0 atom stereocenters. The van der Waals surface area contributed by atoms with E-state index in [1.165, 1.54) is 29.8 Å². The Balaban J connectivity index is 1.24. The molecule has 0 aliphatic rings. The summed E-state index contributed by atoms with van der Waals surface area (Å²) in [6.07, 6.45) is 2.15. The van der Waals surface area contributed by atoms with Crippen molar-refractivity contribution in [2.24, 2.45) is 11.1 Å². The molecule has 0 radical (unpaired) electrons. The monoisotopic (exact) mass is 761 g/mol. The van der Waals surface area contributed by atoms with Gasteiger partial charge in [-0.1, -0.05) is 58.9 Å². The molecular formula is C47H43N3O7. The SMILES string of the molecule is CC(C)(C)CCC(C)(C)c1ccc(Oc2c3ccc(N)cc3cc3cc(NC(=O)c4cc5ccc6cc(C(N)=O)c(C(=O)O)cc6c5cc4C(=O)O)ccc23)cc1. The molecule has 0 aliphatic heterocycles. The lowest BCUT2D eigenvalue weighted by atomic mass is 9.76. The average Bonchev–Trinajstić information content (AvgIpc) is 3.15. The summed E-state index contributed by atoms with van der Waals surface area (Å²) in [6.45, 7) is 11.3. The van der Waals surface area contributed by atoms with E-state index < -0.39 is 23.8 Å². The third-order valence-electron chi connectivity index (χ3n) is 10.6. The van der Waals surface area contributed by atoms with Crippen molar-refractivity contribution in [2.75, 3.05) is 11.1 Å². The van der Waals surface area contributed by atoms with Crippen LogP contribution in [-0.2, 0) is 5.41 Å². The average molecular weight is 762 g/mol. The molecule has 7 rings (SSSR count). The number of primary amides is 1. The van der Waals surface area contributed by atoms with Gasteiger partial charge in [0.2, 0.25) is 5.91 Å². The Kier molecular flexibility index (Phi) is 9.61. The summed E-state index contributed by atoms with van der Waals surface area (Å²) >= 11 is 0. The first-order valence-corrected chi connectivity index (χ1v) is 18.6. The fraction of sp³-hybridized carbons (Fsp3) is 0.191. The highest BCUT2D eigenvalue weighted by Gasteiger charge is 2.25. The second-order valence-electron chi connectivity index (χ2n) is 16.4. The maximum absolute atomic E-state index is 13.9. The summed E-state index contributed by atoms with van der Waals surface area (Å²) < 4.78 is 6.62. The summed E-state index contributed by atoms with van der Waals surface area (Å²) in [4.78, 5) is 50.4. The summed E-state index contributed by atoms with van der Waals surface area (Å²) in [7, 11) is 0. The Morgan fingerprint density at radius 1 is 0.596 bits per heavy atom. The molecule has 10 heteroatoms. The molecule has 0 heterocycles. The van der Waals surface area contributed by atoms with Crippen molar-refractivity contribution in [3.63, 3.8) is 0 Å². The minimum atomic E-state index is -1.36. The lowest BCUT2D eigenvalue weighted by Crippen LogP contribution is -2.20. The Morgan fingerprint density at radius 3 is 1.74 bits per heavy atom. The van der Waals surface area contributed by atoms with E-state index in [9.17, 15) is 29.4 Å². The van der Waals surface area contributed by atoms with E-state index in [0.717, 1.165) is 34.4 Å². The molecule has 0 saturated carbocycles. The first-order chi connectivity index (χ1) is 26.9. The molecular weight excluding hydrogens is 719 g/mol. The predicted molar refractivity (Wildman–Crippen MR) is 226 cm³/mol. The van der Waals surface area contributed by atoms with Gasteiger partial charge in [0, 0.05) is 22.1 Å². The van der Waals surface area contributed by atoms with Crippen LogP contribution in [0.4, 0.5) is 11.4 Å². The van der Waals surface area contributed by atoms with Crippen molar-refractivity contribution in [1.82, 2.24) is 0 Å². The van der Waals surface area contributed by atoms with Gasteiger partial charge >= 0.3 is 11.9 Å². The van der Waals surface area contributed by atoms with E-state index in [-0.39, 0.29) is 33.1 Å². The Hall–Kier alpha value is -6.94. The fourth-order valence-electron chi connectivity index (χ4n) is 7.32. The van der Waals surface area contributed by atoms with E-state index in [1.807, 2.05) is 42.5 Å². The number of ether oxygens (including phenoxy) is 1. The summed E-state index contributed by atoms with van der Waals surface area (Å²) in [5, 5.41) is 27.9. The van der Waals surface area contributed by atoms with Crippen molar-refractivity contribution < 1.29 is 34.1 Å². The van der Waals surface area contributed by atoms with Crippen molar-refractivity contribution in [3.8, 4) is 11.5 Å². The van der Waals surface area contributed by atoms with Crippen LogP contribution < -0.4 is 21.5 Å². The zero-order valence-corrected chi connectivity index (χ0v) is 32.3. The highest BCUT2D eigenvalue weighted by molar-refractivity contribution is 6.19. The zero-order valence-electron chi connectivity index (χ0n) is 32.3. The minimum Gasteiger partial charge on any atom is -0.478 e. The van der Waals surface area contributed by atoms with E-state index in [2.05, 4.69) is 52.1 Å². The number of nitrogens with one attached hydrogen (secondary N) is 1. The van der Waals surface area contributed by atoms with Gasteiger partial charge in [-0.25, -0.2) is 9.59 Å². The van der Waals surface area contributed by atoms with Gasteiger partial charge in [0.1, 0.15) is 11.5 Å². The van der Waals surface area contributed by atoms with Crippen molar-refractivity contribution in [2.45, 2.75) is 52.9 Å². The standard InChI is InChI=1S/C47H43N3O7/c1-46(2,3)16-17-47(4,5)29-8-12-32(13-9-29)57-41-33-14-10-30(48)19-27(33)18-28-20-31(11-15-34(28)41)50-43(52)38-22-26-7-6-25-21-37(42(49)51)39(44(53)54)23-35(25)36(26)24-40(38)45(55)56/h6-15,18-24H,16-17,48H2,1-5H3,(H2,49,51)(H,50,52)(H,53,54)(H,55,56). The van der Waals surface area contributed by atoms with Gasteiger partial charge in [0.25, 0.3) is 5.91 Å². The summed E-state index contributed by atoms with van der Waals surface area (Å²) in [6, 6.07) is 29.9. The van der Waals surface area contributed by atoms with Gasteiger partial charge in [-0.2, -0.15) is 0 Å². The van der Waals surface area contributed by atoms with Gasteiger partial charge < -0.3 is 31.7 Å². The Morgan fingerprint density at radius 2 is 1.16 bits per heavy atom. The smallest absolute Gasteiger partial charge is 0.336 e. The van der Waals surface area contributed by atoms with Crippen LogP contribution in [-0.4, -0.2) is 34.0 Å². The molecule has 0 aromatic heterocycles. The number of aromatic carboxylic acids is 2. The van der Waals surface area contributed by atoms with Crippen LogP contribution in [0.15, 0.2) is 103 Å². The number of anilines is 2. The van der Waals surface area contributed by atoms with Crippen LogP contribution in [0.1, 0.15) is 94.5 Å². The molecule has 57 heavy (non-hydrogen) atoms. The van der Waals surface area contributed by atoms with Crippen LogP contribution in [0.5, 0.6) is 11.5 Å². The highest BCUT2D eigenvalue weighted by Crippen LogP contribution is 2.41. The summed E-state index contributed by atoms with van der Waals surface area (Å²) in [5.74, 6) is -2.97. The second kappa shape index (κ2) is 14.3. The van der Waals surface area contributed by atoms with Gasteiger partial charge in [0.15, 0.2) is 0 Å². The van der Waals surface area contributed by atoms with Crippen LogP contribution in [0.3, 0.4) is 0 Å². The topological polar surface area (TPSA) is 182 Å². The number of rotatable bonds is 10. The Bertz CT molecular complexity index is 2820. The lowest BCUT2D eigenvalue weighted by Gasteiger charge is -2.29. The number of amides is 2. The molecule has 0 aliphatic carbocycles. The van der Waals surface area contributed by atoms with Crippen LogP contribution in [0.25, 0.3) is 43.1 Å². The highest BCUT2D eigenvalue weighted by atomic mass is 16.5.